The van der Waals surface area contributed by atoms with Gasteiger partial charge in [0.1, 0.15) is 17.4 Å². The van der Waals surface area contributed by atoms with Gasteiger partial charge in [0.05, 0.1) is 0 Å². The Bertz CT molecular complexity index is 860. The maximum atomic E-state index is 13.0. The summed E-state index contributed by atoms with van der Waals surface area (Å²) in [4.78, 5) is 13.0. The van der Waals surface area contributed by atoms with Gasteiger partial charge in [0, 0.05) is 11.3 Å². The van der Waals surface area contributed by atoms with Crippen LogP contribution in [0.4, 0.5) is 0 Å². The maximum Gasteiger partial charge on any atom is 0.224 e. The van der Waals surface area contributed by atoms with Crippen molar-refractivity contribution in [2.75, 3.05) is 6.54 Å². The van der Waals surface area contributed by atoms with Crippen LogP contribution in [0.25, 0.3) is 11.0 Å². The summed E-state index contributed by atoms with van der Waals surface area (Å²) in [5.41, 5.74) is 7.72. The summed E-state index contributed by atoms with van der Waals surface area (Å²) in [7, 11) is 0. The van der Waals surface area contributed by atoms with Gasteiger partial charge in [-0.25, -0.2) is 0 Å². The Morgan fingerprint density at radius 2 is 1.85 bits per heavy atom. The van der Waals surface area contributed by atoms with Crippen LogP contribution in [0.1, 0.15) is 36.6 Å². The molecular formula is C22H25ClN2O2. The number of amides is 1. The van der Waals surface area contributed by atoms with Crippen molar-refractivity contribution in [1.29, 1.82) is 0 Å². The van der Waals surface area contributed by atoms with Crippen molar-refractivity contribution < 1.29 is 9.21 Å². The van der Waals surface area contributed by atoms with Gasteiger partial charge in [-0.1, -0.05) is 55.0 Å². The molecule has 1 unspecified atom stereocenters. The lowest BCUT2D eigenvalue weighted by atomic mass is 9.94. The van der Waals surface area contributed by atoms with E-state index in [4.69, 9.17) is 10.2 Å². The SMILES string of the molecule is Cl.NC[C@H]1CCC[C@H]1C(=O)NC(c1ccccc1)c1cc2ccccc2o1. The number of halogens is 1. The van der Waals surface area contributed by atoms with E-state index >= 15 is 0 Å². The molecule has 0 aliphatic heterocycles. The lowest BCUT2D eigenvalue weighted by Crippen LogP contribution is -2.37. The van der Waals surface area contributed by atoms with E-state index in [0.717, 1.165) is 41.6 Å². The number of benzene rings is 2. The van der Waals surface area contributed by atoms with E-state index in [0.29, 0.717) is 6.54 Å². The van der Waals surface area contributed by atoms with E-state index in [-0.39, 0.29) is 36.2 Å². The van der Waals surface area contributed by atoms with Crippen LogP contribution in [-0.4, -0.2) is 12.5 Å². The zero-order chi connectivity index (χ0) is 17.9. The Hall–Kier alpha value is -2.30. The third-order valence-electron chi connectivity index (χ3n) is 5.45. The van der Waals surface area contributed by atoms with E-state index < -0.39 is 0 Å². The number of hydrogen-bond donors (Lipinski definition) is 2. The van der Waals surface area contributed by atoms with E-state index in [2.05, 4.69) is 5.32 Å². The molecule has 4 nitrogen and oxygen atoms in total. The molecule has 1 aliphatic rings. The zero-order valence-electron chi connectivity index (χ0n) is 15.1. The number of para-hydroxylation sites is 1. The minimum Gasteiger partial charge on any atom is -0.459 e. The number of carbonyl (C=O) groups is 1. The highest BCUT2D eigenvalue weighted by Gasteiger charge is 2.33. The first-order valence-corrected chi connectivity index (χ1v) is 9.30. The first-order chi connectivity index (χ1) is 12.8. The second-order valence-electron chi connectivity index (χ2n) is 7.07. The van der Waals surface area contributed by atoms with Crippen LogP contribution in [0.15, 0.2) is 65.1 Å². The monoisotopic (exact) mass is 384 g/mol. The Morgan fingerprint density at radius 3 is 2.59 bits per heavy atom. The van der Waals surface area contributed by atoms with Crippen LogP contribution in [0.2, 0.25) is 0 Å². The highest BCUT2D eigenvalue weighted by molar-refractivity contribution is 5.85. The fraction of sp³-hybridized carbons (Fsp3) is 0.318. The number of hydrogen-bond acceptors (Lipinski definition) is 3. The number of rotatable bonds is 5. The number of nitrogens with one attached hydrogen (secondary N) is 1. The van der Waals surface area contributed by atoms with Gasteiger partial charge in [-0.05, 0) is 43.0 Å². The summed E-state index contributed by atoms with van der Waals surface area (Å²) in [5.74, 6) is 1.11. The van der Waals surface area contributed by atoms with E-state index in [1.165, 1.54) is 0 Å². The van der Waals surface area contributed by atoms with Gasteiger partial charge < -0.3 is 15.5 Å². The van der Waals surface area contributed by atoms with Crippen LogP contribution in [-0.2, 0) is 4.79 Å². The van der Waals surface area contributed by atoms with Gasteiger partial charge in [0.25, 0.3) is 0 Å². The molecule has 1 heterocycles. The van der Waals surface area contributed by atoms with Gasteiger partial charge >= 0.3 is 0 Å². The van der Waals surface area contributed by atoms with E-state index in [1.807, 2.05) is 60.7 Å². The van der Waals surface area contributed by atoms with Crippen LogP contribution >= 0.6 is 12.4 Å². The molecule has 0 radical (unpaired) electrons. The second-order valence-corrected chi connectivity index (χ2v) is 7.07. The van der Waals surface area contributed by atoms with Crippen molar-refractivity contribution in [1.82, 2.24) is 5.32 Å². The molecule has 0 bridgehead atoms. The third kappa shape index (κ3) is 4.02. The van der Waals surface area contributed by atoms with Gasteiger partial charge in [0.2, 0.25) is 5.91 Å². The molecule has 1 aromatic heterocycles. The fourth-order valence-electron chi connectivity index (χ4n) is 4.02. The van der Waals surface area contributed by atoms with E-state index in [1.54, 1.807) is 0 Å². The average molecular weight is 385 g/mol. The summed E-state index contributed by atoms with van der Waals surface area (Å²) in [6.07, 6.45) is 3.02. The molecule has 3 aromatic rings. The molecule has 5 heteroatoms. The standard InChI is InChI=1S/C22H24N2O2.ClH/c23-14-17-10-6-11-18(17)22(25)24-21(15-7-2-1-3-8-15)20-13-16-9-4-5-12-19(16)26-20;/h1-5,7-9,12-13,17-18,21H,6,10-11,14,23H2,(H,24,25);1H/t17-,18-,21?;/m1./s1. The minimum atomic E-state index is -0.296. The molecule has 0 spiro atoms. The second kappa shape index (κ2) is 8.59. The lowest BCUT2D eigenvalue weighted by molar-refractivity contribution is -0.126. The van der Waals surface area contributed by atoms with Crippen molar-refractivity contribution in [2.24, 2.45) is 17.6 Å². The first kappa shape index (κ1) is 19.5. The normalized spacial score (nSPS) is 20.2. The van der Waals surface area contributed by atoms with Crippen molar-refractivity contribution in [3.05, 3.63) is 72.0 Å². The average Bonchev–Trinajstić information content (AvgIpc) is 3.33. The molecule has 2 aromatic carbocycles. The number of furan rings is 1. The predicted molar refractivity (Wildman–Crippen MR) is 110 cm³/mol. The Kier molecular flexibility index (Phi) is 6.19. The molecule has 0 saturated heterocycles. The van der Waals surface area contributed by atoms with Crippen molar-refractivity contribution in [3.63, 3.8) is 0 Å². The molecule has 3 atom stereocenters. The molecule has 3 N–H and O–H groups in total. The molecule has 142 valence electrons. The number of carbonyl (C=O) groups excluding carboxylic acids is 1. The van der Waals surface area contributed by atoms with Crippen molar-refractivity contribution in [3.8, 4) is 0 Å². The highest BCUT2D eigenvalue weighted by atomic mass is 35.5. The Balaban J connectivity index is 0.00000210. The molecule has 1 fully saturated rings. The smallest absolute Gasteiger partial charge is 0.224 e. The summed E-state index contributed by atoms with van der Waals surface area (Å²) in [5, 5.41) is 4.27. The quantitative estimate of drug-likeness (QED) is 0.683. The minimum absolute atomic E-state index is 0. The van der Waals surface area contributed by atoms with Gasteiger partial charge in [0.15, 0.2) is 0 Å². The van der Waals surface area contributed by atoms with Gasteiger partial charge in [-0.2, -0.15) is 0 Å². The lowest BCUT2D eigenvalue weighted by Gasteiger charge is -2.22. The topological polar surface area (TPSA) is 68.3 Å². The van der Waals surface area contributed by atoms with Gasteiger partial charge in [-0.15, -0.1) is 12.4 Å². The molecule has 27 heavy (non-hydrogen) atoms. The first-order valence-electron chi connectivity index (χ1n) is 9.30. The Labute approximate surface area is 165 Å². The number of nitrogens with two attached hydrogens (primary N) is 1. The summed E-state index contributed by atoms with van der Waals surface area (Å²) in [6.45, 7) is 0.568. The zero-order valence-corrected chi connectivity index (χ0v) is 16.0. The maximum absolute atomic E-state index is 13.0. The fourth-order valence-corrected chi connectivity index (χ4v) is 4.02. The number of fused-ring (bicyclic) bond motifs is 1. The van der Waals surface area contributed by atoms with Gasteiger partial charge in [-0.3, -0.25) is 4.79 Å². The van der Waals surface area contributed by atoms with Crippen molar-refractivity contribution in [2.45, 2.75) is 25.3 Å². The van der Waals surface area contributed by atoms with Crippen LogP contribution in [0, 0.1) is 11.8 Å². The largest absolute Gasteiger partial charge is 0.459 e. The summed E-state index contributed by atoms with van der Waals surface area (Å²) >= 11 is 0. The van der Waals surface area contributed by atoms with Crippen LogP contribution in [0.5, 0.6) is 0 Å². The molecule has 1 saturated carbocycles. The van der Waals surface area contributed by atoms with E-state index in [9.17, 15) is 4.79 Å². The van der Waals surface area contributed by atoms with Crippen LogP contribution in [0.3, 0.4) is 0 Å². The molecule has 4 rings (SSSR count). The van der Waals surface area contributed by atoms with Crippen molar-refractivity contribution >= 4 is 29.3 Å². The third-order valence-corrected chi connectivity index (χ3v) is 5.45. The highest BCUT2D eigenvalue weighted by Crippen LogP contribution is 2.33. The van der Waals surface area contributed by atoms with Crippen LogP contribution < -0.4 is 11.1 Å². The summed E-state index contributed by atoms with van der Waals surface area (Å²) in [6, 6.07) is 19.6. The summed E-state index contributed by atoms with van der Waals surface area (Å²) < 4.78 is 6.06. The predicted octanol–water partition coefficient (Wildman–Crippen LogP) is 4.44. The molecule has 1 amide bonds. The molecular weight excluding hydrogens is 360 g/mol. The Morgan fingerprint density at radius 1 is 1.11 bits per heavy atom. The molecule has 1 aliphatic carbocycles.